The number of nitrogens with zero attached hydrogens (tertiary/aromatic N) is 1. The highest BCUT2D eigenvalue weighted by Gasteiger charge is 2.02. The number of hydrogen-bond donors (Lipinski definition) is 1. The van der Waals surface area contributed by atoms with Crippen LogP contribution in [0.4, 0.5) is 10.1 Å². The van der Waals surface area contributed by atoms with Crippen molar-refractivity contribution in [1.82, 2.24) is 4.98 Å². The molecular formula is C10H7Cl2FN2S. The molecule has 0 radical (unpaired) electrons. The number of rotatable bonds is 3. The Balaban J connectivity index is 2.02. The van der Waals surface area contributed by atoms with Crippen molar-refractivity contribution in [1.29, 1.82) is 0 Å². The first kappa shape index (κ1) is 11.6. The van der Waals surface area contributed by atoms with Crippen LogP contribution >= 0.6 is 34.5 Å². The topological polar surface area (TPSA) is 24.9 Å². The number of benzene rings is 1. The summed E-state index contributed by atoms with van der Waals surface area (Å²) < 4.78 is 13.4. The molecule has 0 unspecified atom stereocenters. The first-order valence-corrected chi connectivity index (χ1v) is 6.01. The average molecular weight is 277 g/mol. The number of nitrogens with one attached hydrogen (secondary N) is 1. The van der Waals surface area contributed by atoms with Crippen molar-refractivity contribution in [2.24, 2.45) is 0 Å². The minimum Gasteiger partial charge on any atom is -0.380 e. The quantitative estimate of drug-likeness (QED) is 0.909. The molecule has 1 N–H and O–H groups in total. The molecule has 0 amide bonds. The van der Waals surface area contributed by atoms with Crippen molar-refractivity contribution < 1.29 is 4.39 Å². The zero-order chi connectivity index (χ0) is 11.5. The summed E-state index contributed by atoms with van der Waals surface area (Å²) in [6.07, 6.45) is 1.70. The Morgan fingerprint density at radius 2 is 2.19 bits per heavy atom. The molecule has 2 aromatic rings. The Kier molecular flexibility index (Phi) is 3.63. The van der Waals surface area contributed by atoms with Crippen molar-refractivity contribution in [3.63, 3.8) is 0 Å². The monoisotopic (exact) mass is 276 g/mol. The summed E-state index contributed by atoms with van der Waals surface area (Å²) in [5.74, 6) is -0.423. The Bertz CT molecular complexity index is 501. The molecule has 0 fully saturated rings. The largest absolute Gasteiger partial charge is 0.380 e. The van der Waals surface area contributed by atoms with E-state index in [9.17, 15) is 4.39 Å². The zero-order valence-corrected chi connectivity index (χ0v) is 10.3. The van der Waals surface area contributed by atoms with E-state index in [1.54, 1.807) is 18.3 Å². The van der Waals surface area contributed by atoms with Gasteiger partial charge in [-0.1, -0.05) is 23.2 Å². The van der Waals surface area contributed by atoms with Gasteiger partial charge in [0.15, 0.2) is 4.47 Å². The fourth-order valence-corrected chi connectivity index (χ4v) is 2.26. The highest BCUT2D eigenvalue weighted by atomic mass is 35.5. The minimum atomic E-state index is -0.423. The summed E-state index contributed by atoms with van der Waals surface area (Å²) in [5.41, 5.74) is 0.760. The Morgan fingerprint density at radius 3 is 2.81 bits per heavy atom. The molecule has 0 aliphatic rings. The molecular weight excluding hydrogens is 270 g/mol. The molecule has 0 aliphatic heterocycles. The van der Waals surface area contributed by atoms with Gasteiger partial charge in [-0.25, -0.2) is 9.37 Å². The van der Waals surface area contributed by atoms with Gasteiger partial charge in [0, 0.05) is 16.8 Å². The van der Waals surface area contributed by atoms with Crippen LogP contribution in [0.15, 0.2) is 24.4 Å². The second kappa shape index (κ2) is 4.99. The van der Waals surface area contributed by atoms with Crippen molar-refractivity contribution in [2.45, 2.75) is 6.54 Å². The summed E-state index contributed by atoms with van der Waals surface area (Å²) in [4.78, 5) is 4.92. The van der Waals surface area contributed by atoms with Crippen LogP contribution in [0.25, 0.3) is 0 Å². The molecule has 1 aromatic heterocycles. The van der Waals surface area contributed by atoms with E-state index >= 15 is 0 Å². The van der Waals surface area contributed by atoms with Gasteiger partial charge in [0.05, 0.1) is 11.6 Å². The minimum absolute atomic E-state index is 0.104. The smallest absolute Gasteiger partial charge is 0.183 e. The molecule has 84 valence electrons. The lowest BCUT2D eigenvalue weighted by atomic mass is 10.3. The maximum atomic E-state index is 12.9. The predicted octanol–water partition coefficient (Wildman–Crippen LogP) is 4.20. The first-order valence-electron chi connectivity index (χ1n) is 4.44. The number of halogens is 3. The Morgan fingerprint density at radius 1 is 1.38 bits per heavy atom. The molecule has 1 aromatic carbocycles. The van der Waals surface area contributed by atoms with Gasteiger partial charge in [0.2, 0.25) is 0 Å². The average Bonchev–Trinajstić information content (AvgIpc) is 2.66. The van der Waals surface area contributed by atoms with Gasteiger partial charge in [0.1, 0.15) is 5.82 Å². The SMILES string of the molecule is Fc1ccc(NCc2cnc(Cl)s2)cc1Cl. The van der Waals surface area contributed by atoms with E-state index in [4.69, 9.17) is 23.2 Å². The van der Waals surface area contributed by atoms with Gasteiger partial charge in [-0.3, -0.25) is 0 Å². The fourth-order valence-electron chi connectivity index (χ4n) is 1.16. The third kappa shape index (κ3) is 2.84. The molecule has 0 spiro atoms. The van der Waals surface area contributed by atoms with Crippen LogP contribution in [0, 0.1) is 5.82 Å². The number of aromatic nitrogens is 1. The third-order valence-corrected chi connectivity index (χ3v) is 3.32. The standard InChI is InChI=1S/C10H7Cl2FN2S/c11-8-3-6(1-2-9(8)13)14-4-7-5-15-10(12)16-7/h1-3,5,14H,4H2. The lowest BCUT2D eigenvalue weighted by Gasteiger charge is -2.04. The van der Waals surface area contributed by atoms with Crippen LogP contribution in [-0.2, 0) is 6.54 Å². The van der Waals surface area contributed by atoms with Crippen LogP contribution in [0.2, 0.25) is 9.49 Å². The second-order valence-electron chi connectivity index (χ2n) is 3.06. The molecule has 1 heterocycles. The molecule has 2 rings (SSSR count). The molecule has 0 saturated heterocycles. The molecule has 6 heteroatoms. The molecule has 0 atom stereocenters. The van der Waals surface area contributed by atoms with Crippen molar-refractivity contribution in [2.75, 3.05) is 5.32 Å². The van der Waals surface area contributed by atoms with Crippen LogP contribution in [0.3, 0.4) is 0 Å². The fraction of sp³-hybridized carbons (Fsp3) is 0.100. The van der Waals surface area contributed by atoms with E-state index in [0.717, 1.165) is 10.6 Å². The van der Waals surface area contributed by atoms with Gasteiger partial charge in [-0.2, -0.15) is 0 Å². The van der Waals surface area contributed by atoms with E-state index in [2.05, 4.69) is 10.3 Å². The molecule has 2 nitrogen and oxygen atoms in total. The Hall–Kier alpha value is -0.840. The van der Waals surface area contributed by atoms with E-state index in [1.165, 1.54) is 17.4 Å². The van der Waals surface area contributed by atoms with E-state index < -0.39 is 5.82 Å². The number of hydrogen-bond acceptors (Lipinski definition) is 3. The maximum absolute atomic E-state index is 12.9. The van der Waals surface area contributed by atoms with Crippen molar-refractivity contribution >= 4 is 40.2 Å². The summed E-state index contributed by atoms with van der Waals surface area (Å²) in [6.45, 7) is 0.590. The first-order chi connectivity index (χ1) is 7.65. The van der Waals surface area contributed by atoms with Crippen LogP contribution in [0.5, 0.6) is 0 Å². The molecule has 0 aliphatic carbocycles. The molecule has 0 saturated carbocycles. The van der Waals surface area contributed by atoms with Crippen LogP contribution < -0.4 is 5.32 Å². The van der Waals surface area contributed by atoms with Gasteiger partial charge < -0.3 is 5.32 Å². The van der Waals surface area contributed by atoms with Gasteiger partial charge in [-0.05, 0) is 18.2 Å². The Labute approximate surface area is 106 Å². The summed E-state index contributed by atoms with van der Waals surface area (Å²) in [7, 11) is 0. The summed E-state index contributed by atoms with van der Waals surface area (Å²) >= 11 is 12.8. The molecule has 0 bridgehead atoms. The summed E-state index contributed by atoms with van der Waals surface area (Å²) in [5, 5.41) is 3.21. The summed E-state index contributed by atoms with van der Waals surface area (Å²) in [6, 6.07) is 4.49. The predicted molar refractivity (Wildman–Crippen MR) is 65.9 cm³/mol. The lowest BCUT2D eigenvalue weighted by molar-refractivity contribution is 0.628. The van der Waals surface area contributed by atoms with E-state index in [1.807, 2.05) is 0 Å². The maximum Gasteiger partial charge on any atom is 0.183 e. The van der Waals surface area contributed by atoms with Crippen LogP contribution in [-0.4, -0.2) is 4.98 Å². The normalized spacial score (nSPS) is 10.4. The van der Waals surface area contributed by atoms with Gasteiger partial charge in [0.25, 0.3) is 0 Å². The number of anilines is 1. The van der Waals surface area contributed by atoms with Crippen LogP contribution in [0.1, 0.15) is 4.88 Å². The molecule has 16 heavy (non-hydrogen) atoms. The van der Waals surface area contributed by atoms with Crippen molar-refractivity contribution in [3.05, 3.63) is 44.6 Å². The second-order valence-corrected chi connectivity index (χ2v) is 5.17. The highest BCUT2D eigenvalue weighted by molar-refractivity contribution is 7.15. The number of thiazole rings is 1. The lowest BCUT2D eigenvalue weighted by Crippen LogP contribution is -1.97. The van der Waals surface area contributed by atoms with Gasteiger partial charge >= 0.3 is 0 Å². The third-order valence-electron chi connectivity index (χ3n) is 1.91. The van der Waals surface area contributed by atoms with Crippen molar-refractivity contribution in [3.8, 4) is 0 Å². The van der Waals surface area contributed by atoms with Gasteiger partial charge in [-0.15, -0.1) is 11.3 Å². The zero-order valence-electron chi connectivity index (χ0n) is 8.01. The van der Waals surface area contributed by atoms with E-state index in [-0.39, 0.29) is 5.02 Å². The van der Waals surface area contributed by atoms with E-state index in [0.29, 0.717) is 11.0 Å². The highest BCUT2D eigenvalue weighted by Crippen LogP contribution is 2.22.